The molecule has 2 nitrogen and oxygen atoms in total. The quantitative estimate of drug-likeness (QED) is 0.772. The number of hydrogen-bond donors (Lipinski definition) is 0. The number of halogens is 2. The van der Waals surface area contributed by atoms with E-state index in [0.717, 1.165) is 24.3 Å². The Morgan fingerprint density at radius 3 is 2.94 bits per heavy atom. The lowest BCUT2D eigenvalue weighted by Crippen LogP contribution is -2.07. The Labute approximate surface area is 116 Å². The normalized spacial score (nSPS) is 13.1. The summed E-state index contributed by atoms with van der Waals surface area (Å²) in [4.78, 5) is 4.38. The van der Waals surface area contributed by atoms with Crippen molar-refractivity contribution in [1.82, 2.24) is 9.55 Å². The third kappa shape index (κ3) is 2.81. The molecular formula is C13H16ClFN2S. The highest BCUT2D eigenvalue weighted by Crippen LogP contribution is 2.21. The molecule has 0 aliphatic heterocycles. The topological polar surface area (TPSA) is 17.8 Å². The number of nitrogens with zero attached hydrogens (tertiary/aromatic N) is 2. The van der Waals surface area contributed by atoms with Crippen molar-refractivity contribution >= 4 is 34.4 Å². The van der Waals surface area contributed by atoms with Crippen molar-refractivity contribution in [3.8, 4) is 0 Å². The number of aryl methyl sites for hydroxylation is 1. The smallest absolute Gasteiger partial charge is 0.125 e. The number of imidazole rings is 1. The van der Waals surface area contributed by atoms with Gasteiger partial charge in [-0.15, -0.1) is 11.6 Å². The van der Waals surface area contributed by atoms with Crippen LogP contribution in [0.15, 0.2) is 18.2 Å². The summed E-state index contributed by atoms with van der Waals surface area (Å²) in [6.45, 7) is 3.07. The van der Waals surface area contributed by atoms with E-state index in [9.17, 15) is 4.39 Å². The summed E-state index contributed by atoms with van der Waals surface area (Å²) in [5.74, 6) is 0.903. The molecule has 1 aromatic carbocycles. The van der Waals surface area contributed by atoms with Crippen LogP contribution in [0, 0.1) is 5.82 Å². The zero-order valence-corrected chi connectivity index (χ0v) is 12.1. The molecule has 0 aliphatic carbocycles. The minimum Gasteiger partial charge on any atom is -0.327 e. The van der Waals surface area contributed by atoms with Crippen molar-refractivity contribution in [2.75, 3.05) is 6.26 Å². The summed E-state index contributed by atoms with van der Waals surface area (Å²) in [6.07, 6.45) is 3.16. The van der Waals surface area contributed by atoms with Crippen molar-refractivity contribution in [3.05, 3.63) is 29.8 Å². The largest absolute Gasteiger partial charge is 0.327 e. The van der Waals surface area contributed by atoms with Gasteiger partial charge in [0.05, 0.1) is 16.9 Å². The fourth-order valence-corrected chi connectivity index (χ4v) is 2.48. The number of hydrogen-bond acceptors (Lipinski definition) is 2. The maximum atomic E-state index is 13.2. The Balaban J connectivity index is 2.34. The minimum atomic E-state index is -0.259. The molecular weight excluding hydrogens is 271 g/mol. The zero-order valence-electron chi connectivity index (χ0n) is 10.5. The molecule has 0 N–H and O–H groups in total. The average molecular weight is 287 g/mol. The van der Waals surface area contributed by atoms with E-state index < -0.39 is 0 Å². The SMILES string of the molecule is CSC(C)CCn1c(CCl)nc2cc(F)ccc21. The van der Waals surface area contributed by atoms with E-state index in [2.05, 4.69) is 22.7 Å². The van der Waals surface area contributed by atoms with Gasteiger partial charge in [0.2, 0.25) is 0 Å². The molecule has 0 fully saturated rings. The second kappa shape index (κ2) is 5.93. The molecule has 1 heterocycles. The molecule has 1 unspecified atom stereocenters. The molecule has 5 heteroatoms. The maximum absolute atomic E-state index is 13.2. The van der Waals surface area contributed by atoms with Gasteiger partial charge in [-0.25, -0.2) is 9.37 Å². The van der Waals surface area contributed by atoms with E-state index in [1.165, 1.54) is 12.1 Å². The van der Waals surface area contributed by atoms with Crippen molar-refractivity contribution in [2.45, 2.75) is 31.0 Å². The number of aromatic nitrogens is 2. The van der Waals surface area contributed by atoms with E-state index >= 15 is 0 Å². The van der Waals surface area contributed by atoms with Gasteiger partial charge in [-0.1, -0.05) is 6.92 Å². The van der Waals surface area contributed by atoms with Gasteiger partial charge in [-0.3, -0.25) is 0 Å². The second-order valence-electron chi connectivity index (χ2n) is 4.28. The van der Waals surface area contributed by atoms with Crippen LogP contribution in [0.2, 0.25) is 0 Å². The number of rotatable bonds is 5. The third-order valence-corrected chi connectivity index (χ3v) is 4.35. The fourth-order valence-electron chi connectivity index (χ4n) is 1.93. The van der Waals surface area contributed by atoms with Crippen LogP contribution in [-0.2, 0) is 12.4 Å². The summed E-state index contributed by atoms with van der Waals surface area (Å²) >= 11 is 7.75. The van der Waals surface area contributed by atoms with Gasteiger partial charge in [-0.2, -0.15) is 11.8 Å². The molecule has 1 atom stereocenters. The predicted molar refractivity (Wildman–Crippen MR) is 76.8 cm³/mol. The first-order valence-corrected chi connectivity index (χ1v) is 7.71. The second-order valence-corrected chi connectivity index (χ2v) is 5.82. The maximum Gasteiger partial charge on any atom is 0.125 e. The van der Waals surface area contributed by atoms with E-state index in [-0.39, 0.29) is 5.82 Å². The number of benzene rings is 1. The van der Waals surface area contributed by atoms with E-state index in [4.69, 9.17) is 11.6 Å². The Kier molecular flexibility index (Phi) is 4.51. The summed E-state index contributed by atoms with van der Waals surface area (Å²) in [5, 5.41) is 0.589. The van der Waals surface area contributed by atoms with Gasteiger partial charge < -0.3 is 4.57 Å². The molecule has 0 saturated heterocycles. The predicted octanol–water partition coefficient (Wildman–Crippen LogP) is 4.06. The van der Waals surface area contributed by atoms with E-state index in [0.29, 0.717) is 16.6 Å². The standard InChI is InChI=1S/C13H16ClFN2S/c1-9(18-2)5-6-17-12-4-3-10(15)7-11(12)16-13(17)8-14/h3-4,7,9H,5-6,8H2,1-2H3. The van der Waals surface area contributed by atoms with Crippen molar-refractivity contribution < 1.29 is 4.39 Å². The van der Waals surface area contributed by atoms with Crippen LogP contribution < -0.4 is 0 Å². The highest BCUT2D eigenvalue weighted by atomic mass is 35.5. The molecule has 0 bridgehead atoms. The minimum absolute atomic E-state index is 0.259. The molecule has 0 aliphatic rings. The summed E-state index contributed by atoms with van der Waals surface area (Å²) in [6, 6.07) is 4.70. The molecule has 1 aromatic heterocycles. The first-order valence-electron chi connectivity index (χ1n) is 5.89. The van der Waals surface area contributed by atoms with Crippen LogP contribution in [0.4, 0.5) is 4.39 Å². The lowest BCUT2D eigenvalue weighted by Gasteiger charge is -2.11. The highest BCUT2D eigenvalue weighted by Gasteiger charge is 2.11. The summed E-state index contributed by atoms with van der Waals surface area (Å²) in [7, 11) is 0. The molecule has 0 saturated carbocycles. The molecule has 98 valence electrons. The Hall–Kier alpha value is -0.740. The number of thioether (sulfide) groups is 1. The van der Waals surface area contributed by atoms with Gasteiger partial charge in [-0.05, 0) is 24.8 Å². The Morgan fingerprint density at radius 2 is 2.28 bits per heavy atom. The van der Waals surface area contributed by atoms with Crippen molar-refractivity contribution in [3.63, 3.8) is 0 Å². The molecule has 0 amide bonds. The third-order valence-electron chi connectivity index (χ3n) is 3.07. The Morgan fingerprint density at radius 1 is 1.50 bits per heavy atom. The van der Waals surface area contributed by atoms with E-state index in [1.807, 2.05) is 11.8 Å². The number of fused-ring (bicyclic) bond motifs is 1. The van der Waals surface area contributed by atoms with Crippen LogP contribution in [0.5, 0.6) is 0 Å². The van der Waals surface area contributed by atoms with Crippen LogP contribution in [0.3, 0.4) is 0 Å². The van der Waals surface area contributed by atoms with Gasteiger partial charge in [0, 0.05) is 17.9 Å². The fraction of sp³-hybridized carbons (Fsp3) is 0.462. The van der Waals surface area contributed by atoms with Gasteiger partial charge in [0.1, 0.15) is 11.6 Å². The first-order chi connectivity index (χ1) is 8.65. The van der Waals surface area contributed by atoms with Crippen molar-refractivity contribution in [1.29, 1.82) is 0 Å². The molecule has 0 spiro atoms. The van der Waals surface area contributed by atoms with Crippen LogP contribution >= 0.6 is 23.4 Å². The molecule has 2 aromatic rings. The lowest BCUT2D eigenvalue weighted by atomic mass is 10.3. The van der Waals surface area contributed by atoms with Crippen LogP contribution in [0.1, 0.15) is 19.2 Å². The van der Waals surface area contributed by atoms with Gasteiger partial charge >= 0.3 is 0 Å². The molecule has 0 radical (unpaired) electrons. The van der Waals surface area contributed by atoms with Crippen LogP contribution in [0.25, 0.3) is 11.0 Å². The van der Waals surface area contributed by atoms with Crippen LogP contribution in [-0.4, -0.2) is 21.1 Å². The highest BCUT2D eigenvalue weighted by molar-refractivity contribution is 7.99. The van der Waals surface area contributed by atoms with E-state index in [1.54, 1.807) is 6.07 Å². The van der Waals surface area contributed by atoms with Gasteiger partial charge in [0.25, 0.3) is 0 Å². The summed E-state index contributed by atoms with van der Waals surface area (Å²) < 4.78 is 15.3. The molecule has 18 heavy (non-hydrogen) atoms. The first kappa shape index (κ1) is 13.7. The zero-order chi connectivity index (χ0) is 13.1. The van der Waals surface area contributed by atoms with Crippen molar-refractivity contribution in [2.24, 2.45) is 0 Å². The summed E-state index contributed by atoms with van der Waals surface area (Å²) in [5.41, 5.74) is 1.64. The van der Waals surface area contributed by atoms with Gasteiger partial charge in [0.15, 0.2) is 0 Å². The molecule has 2 rings (SSSR count). The average Bonchev–Trinajstić information content (AvgIpc) is 2.72. The Bertz CT molecular complexity index is 541. The number of alkyl halides is 1. The monoisotopic (exact) mass is 286 g/mol. The lowest BCUT2D eigenvalue weighted by molar-refractivity contribution is 0.627.